The van der Waals surface area contributed by atoms with Gasteiger partial charge in [0.25, 0.3) is 5.89 Å². The monoisotopic (exact) mass is 444 g/mol. The van der Waals surface area contributed by atoms with Crippen LogP contribution in [0.15, 0.2) is 76.5 Å². The topological polar surface area (TPSA) is 106 Å². The zero-order valence-corrected chi connectivity index (χ0v) is 18.1. The zero-order chi connectivity index (χ0) is 22.0. The van der Waals surface area contributed by atoms with Crippen LogP contribution in [0.4, 0.5) is 11.4 Å². The van der Waals surface area contributed by atoms with Gasteiger partial charge >= 0.3 is 0 Å². The molecule has 2 N–H and O–H groups in total. The van der Waals surface area contributed by atoms with Crippen LogP contribution in [0, 0.1) is 5.41 Å². The van der Waals surface area contributed by atoms with Crippen molar-refractivity contribution in [3.05, 3.63) is 67.1 Å². The molecule has 1 fully saturated rings. The largest absolute Gasteiger partial charge is 0.332 e. The molecule has 1 amide bonds. The predicted octanol–water partition coefficient (Wildman–Crippen LogP) is 5.05. The van der Waals surface area contributed by atoms with Gasteiger partial charge in [0.2, 0.25) is 11.7 Å². The normalized spacial score (nSPS) is 14.0. The van der Waals surface area contributed by atoms with Crippen molar-refractivity contribution in [3.63, 3.8) is 0 Å². The molecule has 5 rings (SSSR count). The van der Waals surface area contributed by atoms with Crippen LogP contribution in [0.2, 0.25) is 0 Å². The van der Waals surface area contributed by atoms with Gasteiger partial charge in [-0.2, -0.15) is 4.98 Å². The molecular weight excluding hydrogens is 424 g/mol. The smallest absolute Gasteiger partial charge is 0.278 e. The van der Waals surface area contributed by atoms with Crippen molar-refractivity contribution in [3.8, 4) is 23.0 Å². The lowest BCUT2D eigenvalue weighted by atomic mass is 10.1. The maximum absolute atomic E-state index is 12.3. The third-order valence-corrected chi connectivity index (χ3v) is 6.08. The number of aromatic nitrogens is 4. The Labute approximate surface area is 189 Å². The Balaban J connectivity index is 1.26. The fraction of sp³-hybridized carbons (Fsp3) is 0.174. The molecule has 1 saturated carbocycles. The Bertz CT molecular complexity index is 1260. The first-order chi connectivity index (χ1) is 15.6. The summed E-state index contributed by atoms with van der Waals surface area (Å²) in [7, 11) is 0. The van der Waals surface area contributed by atoms with Crippen LogP contribution in [-0.4, -0.2) is 26.0 Å². The van der Waals surface area contributed by atoms with Crippen LogP contribution in [0.1, 0.15) is 19.8 Å². The van der Waals surface area contributed by atoms with Crippen LogP contribution in [-0.2, 0) is 4.79 Å². The number of hydrogen-bond donors (Lipinski definition) is 2. The van der Waals surface area contributed by atoms with Crippen LogP contribution < -0.4 is 10.0 Å². The summed E-state index contributed by atoms with van der Waals surface area (Å²) in [4.78, 5) is 25.9. The van der Waals surface area contributed by atoms with Crippen molar-refractivity contribution in [1.82, 2.24) is 20.1 Å². The molecule has 0 spiro atoms. The van der Waals surface area contributed by atoms with Gasteiger partial charge in [0, 0.05) is 39.6 Å². The van der Waals surface area contributed by atoms with Gasteiger partial charge in [-0.15, -0.1) is 0 Å². The number of anilines is 2. The molecule has 0 unspecified atom stereocenters. The first-order valence-electron chi connectivity index (χ1n) is 10.1. The van der Waals surface area contributed by atoms with Crippen LogP contribution in [0.5, 0.6) is 0 Å². The quantitative estimate of drug-likeness (QED) is 0.381. The number of nitrogens with one attached hydrogen (secondary N) is 2. The van der Waals surface area contributed by atoms with Crippen LogP contribution >= 0.6 is 11.9 Å². The number of nitrogens with zero attached hydrogens (tertiary/aromatic N) is 4. The number of rotatable bonds is 7. The van der Waals surface area contributed by atoms with Crippen molar-refractivity contribution in [2.24, 2.45) is 5.41 Å². The summed E-state index contributed by atoms with van der Waals surface area (Å²) >= 11 is 1.46. The molecule has 0 saturated heterocycles. The number of carbonyl (C=O) groups is 1. The van der Waals surface area contributed by atoms with E-state index in [2.05, 4.69) is 30.1 Å². The molecule has 0 bridgehead atoms. The Kier molecular flexibility index (Phi) is 5.32. The van der Waals surface area contributed by atoms with E-state index in [-0.39, 0.29) is 11.3 Å². The summed E-state index contributed by atoms with van der Waals surface area (Å²) in [6, 6.07) is 15.5. The summed E-state index contributed by atoms with van der Waals surface area (Å²) in [6.07, 6.45) is 6.64. The minimum Gasteiger partial charge on any atom is -0.332 e. The predicted molar refractivity (Wildman–Crippen MR) is 123 cm³/mol. The average Bonchev–Trinajstić information content (AvgIpc) is 3.39. The maximum Gasteiger partial charge on any atom is 0.278 e. The third-order valence-electron chi connectivity index (χ3n) is 5.26. The number of hydrogen-bond acceptors (Lipinski definition) is 8. The summed E-state index contributed by atoms with van der Waals surface area (Å²) in [5.74, 6) is 0.880. The van der Waals surface area contributed by atoms with Crippen molar-refractivity contribution in [2.45, 2.75) is 24.7 Å². The second-order valence-corrected chi connectivity index (χ2v) is 8.72. The molecule has 160 valence electrons. The van der Waals surface area contributed by atoms with E-state index in [0.29, 0.717) is 17.4 Å². The summed E-state index contributed by atoms with van der Waals surface area (Å²) in [5, 5.41) is 7.07. The maximum atomic E-state index is 12.3. The van der Waals surface area contributed by atoms with Gasteiger partial charge in [0.15, 0.2) is 0 Å². The molecule has 2 aromatic carbocycles. The molecule has 4 aromatic rings. The molecular formula is C23H20N6O2S. The molecule has 0 atom stereocenters. The fourth-order valence-electron chi connectivity index (χ4n) is 3.03. The van der Waals surface area contributed by atoms with Gasteiger partial charge < -0.3 is 14.6 Å². The lowest BCUT2D eigenvalue weighted by Gasteiger charge is -2.12. The third kappa shape index (κ3) is 4.47. The zero-order valence-electron chi connectivity index (χ0n) is 17.3. The first-order valence-corrected chi connectivity index (χ1v) is 11.0. The minimum absolute atomic E-state index is 0.0796. The molecule has 8 nitrogen and oxygen atoms in total. The highest BCUT2D eigenvalue weighted by Gasteiger charge is 2.44. The van der Waals surface area contributed by atoms with Crippen molar-refractivity contribution >= 4 is 29.2 Å². The lowest BCUT2D eigenvalue weighted by Crippen LogP contribution is -2.21. The van der Waals surface area contributed by atoms with Crippen molar-refractivity contribution in [2.75, 3.05) is 10.0 Å². The fourth-order valence-corrected chi connectivity index (χ4v) is 3.72. The molecule has 0 aliphatic heterocycles. The van der Waals surface area contributed by atoms with Crippen LogP contribution in [0.25, 0.3) is 23.0 Å². The molecule has 1 aliphatic carbocycles. The number of carbonyl (C=O) groups excluding carboxylic acids is 1. The SMILES string of the molecule is CC1(C(=O)Nc2cccc(NSc3cccc(-c4noc(-c5cnccn5)n4)c3)c2)CC1. The Morgan fingerprint density at radius 2 is 1.94 bits per heavy atom. The molecule has 0 radical (unpaired) electrons. The standard InChI is InChI=1S/C23H20N6O2S/c1-23(8-9-23)22(30)26-16-5-3-6-17(13-16)29-32-18-7-2-4-15(12-18)20-27-21(31-28-20)19-14-24-10-11-25-19/h2-7,10-14,29H,8-9H2,1H3,(H,26,30). The highest BCUT2D eigenvalue weighted by Crippen LogP contribution is 2.45. The summed E-state index contributed by atoms with van der Waals surface area (Å²) < 4.78 is 8.65. The van der Waals surface area contributed by atoms with Crippen molar-refractivity contribution in [1.29, 1.82) is 0 Å². The van der Waals surface area contributed by atoms with E-state index in [1.165, 1.54) is 11.9 Å². The Morgan fingerprint density at radius 1 is 1.09 bits per heavy atom. The Morgan fingerprint density at radius 3 is 2.75 bits per heavy atom. The summed E-state index contributed by atoms with van der Waals surface area (Å²) in [6.45, 7) is 1.99. The van der Waals surface area contributed by atoms with E-state index >= 15 is 0 Å². The van der Waals surface area contributed by atoms with E-state index < -0.39 is 0 Å². The van der Waals surface area contributed by atoms with E-state index in [1.54, 1.807) is 18.6 Å². The molecule has 32 heavy (non-hydrogen) atoms. The first kappa shape index (κ1) is 20.2. The van der Waals surface area contributed by atoms with E-state index in [0.717, 1.165) is 34.7 Å². The van der Waals surface area contributed by atoms with Gasteiger partial charge in [-0.05, 0) is 55.1 Å². The lowest BCUT2D eigenvalue weighted by molar-refractivity contribution is -0.120. The average molecular weight is 445 g/mol. The van der Waals surface area contributed by atoms with Gasteiger partial charge in [-0.3, -0.25) is 9.78 Å². The second-order valence-electron chi connectivity index (χ2n) is 7.84. The summed E-state index contributed by atoms with van der Waals surface area (Å²) in [5.41, 5.74) is 2.82. The molecule has 9 heteroatoms. The van der Waals surface area contributed by atoms with Gasteiger partial charge in [-0.1, -0.05) is 30.3 Å². The van der Waals surface area contributed by atoms with Gasteiger partial charge in [-0.25, -0.2) is 4.98 Å². The second kappa shape index (κ2) is 8.43. The van der Waals surface area contributed by atoms with E-state index in [9.17, 15) is 4.79 Å². The highest BCUT2D eigenvalue weighted by molar-refractivity contribution is 8.00. The van der Waals surface area contributed by atoms with Crippen molar-refractivity contribution < 1.29 is 9.32 Å². The Hall–Kier alpha value is -3.72. The molecule has 1 aliphatic rings. The van der Waals surface area contributed by atoms with Gasteiger partial charge in [0.05, 0.1) is 6.20 Å². The highest BCUT2D eigenvalue weighted by atomic mass is 32.2. The van der Waals surface area contributed by atoms with Crippen LogP contribution in [0.3, 0.4) is 0 Å². The molecule has 2 heterocycles. The number of benzene rings is 2. The van der Waals surface area contributed by atoms with E-state index in [4.69, 9.17) is 4.52 Å². The van der Waals surface area contributed by atoms with E-state index in [1.807, 2.05) is 55.5 Å². The van der Waals surface area contributed by atoms with Gasteiger partial charge in [0.1, 0.15) is 5.69 Å². The minimum atomic E-state index is -0.208. The number of amides is 1. The molecule has 2 aromatic heterocycles.